The Labute approximate surface area is 155 Å². The maximum Gasteiger partial charge on any atom is 0.264 e. The number of rotatable bonds is 5. The highest BCUT2D eigenvalue weighted by Gasteiger charge is 2.34. The molecule has 0 aliphatic heterocycles. The molecule has 0 spiro atoms. The summed E-state index contributed by atoms with van der Waals surface area (Å²) < 4.78 is 28.1. The largest absolute Gasteiger partial charge is 0.344 e. The summed E-state index contributed by atoms with van der Waals surface area (Å²) in [7, 11) is -4.03. The van der Waals surface area contributed by atoms with Gasteiger partial charge in [0.25, 0.3) is 15.9 Å². The van der Waals surface area contributed by atoms with E-state index in [1.807, 2.05) is 19.9 Å². The molecule has 1 aromatic rings. The van der Waals surface area contributed by atoms with Crippen molar-refractivity contribution in [3.63, 3.8) is 0 Å². The number of carbonyl (C=O) groups is 2. The maximum atomic E-state index is 12.9. The van der Waals surface area contributed by atoms with Crippen molar-refractivity contribution in [1.82, 2.24) is 10.0 Å². The Morgan fingerprint density at radius 2 is 1.54 bits per heavy atom. The van der Waals surface area contributed by atoms with Crippen molar-refractivity contribution < 1.29 is 18.0 Å². The van der Waals surface area contributed by atoms with Crippen LogP contribution in [0.1, 0.15) is 54.9 Å². The zero-order chi connectivity index (χ0) is 19.6. The predicted octanol–water partition coefficient (Wildman–Crippen LogP) is 2.42. The van der Waals surface area contributed by atoms with Crippen LogP contribution in [0.5, 0.6) is 0 Å². The van der Waals surface area contributed by atoms with Crippen LogP contribution < -0.4 is 10.0 Å². The molecule has 26 heavy (non-hydrogen) atoms. The molecule has 1 fully saturated rings. The second-order valence-electron chi connectivity index (χ2n) is 7.28. The van der Waals surface area contributed by atoms with Crippen LogP contribution in [0.2, 0.25) is 0 Å². The second kappa shape index (κ2) is 7.78. The van der Waals surface area contributed by atoms with Gasteiger partial charge in [-0.3, -0.25) is 9.59 Å². The monoisotopic (exact) mass is 380 g/mol. The van der Waals surface area contributed by atoms with Gasteiger partial charge in [0, 0.05) is 6.92 Å². The minimum Gasteiger partial charge on any atom is -0.344 e. The highest BCUT2D eigenvalue weighted by molar-refractivity contribution is 7.90. The summed E-state index contributed by atoms with van der Waals surface area (Å²) in [6.07, 6.45) is 3.58. The molecule has 2 amide bonds. The topological polar surface area (TPSA) is 92.3 Å². The molecule has 1 atom stereocenters. The Bertz CT molecular complexity index is 798. The van der Waals surface area contributed by atoms with E-state index in [1.165, 1.54) is 6.92 Å². The number of carbonyl (C=O) groups excluding carboxylic acids is 2. The number of nitrogens with one attached hydrogen (secondary N) is 2. The van der Waals surface area contributed by atoms with Crippen LogP contribution in [0.25, 0.3) is 0 Å². The third-order valence-corrected chi connectivity index (χ3v) is 6.93. The highest BCUT2D eigenvalue weighted by atomic mass is 32.2. The van der Waals surface area contributed by atoms with Crippen LogP contribution in [0, 0.1) is 33.6 Å². The van der Waals surface area contributed by atoms with Crippen molar-refractivity contribution in [2.45, 2.75) is 71.2 Å². The lowest BCUT2D eigenvalue weighted by Crippen LogP contribution is -2.51. The van der Waals surface area contributed by atoms with E-state index in [9.17, 15) is 18.0 Å². The fourth-order valence-electron chi connectivity index (χ4n) is 3.74. The molecule has 2 rings (SSSR count). The van der Waals surface area contributed by atoms with Crippen LogP contribution in [0.3, 0.4) is 0 Å². The van der Waals surface area contributed by atoms with Gasteiger partial charge in [0.05, 0.1) is 4.90 Å². The minimum absolute atomic E-state index is 0.0319. The van der Waals surface area contributed by atoms with Gasteiger partial charge in [-0.05, 0) is 68.7 Å². The Hall–Kier alpha value is -1.89. The molecule has 0 bridgehead atoms. The van der Waals surface area contributed by atoms with E-state index >= 15 is 0 Å². The lowest BCUT2D eigenvalue weighted by atomic mass is 9.97. The van der Waals surface area contributed by atoms with Gasteiger partial charge in [0.1, 0.15) is 6.04 Å². The van der Waals surface area contributed by atoms with E-state index in [0.29, 0.717) is 11.1 Å². The molecule has 144 valence electrons. The summed E-state index contributed by atoms with van der Waals surface area (Å²) >= 11 is 0. The van der Waals surface area contributed by atoms with E-state index in [0.717, 1.165) is 36.8 Å². The number of benzene rings is 1. The summed E-state index contributed by atoms with van der Waals surface area (Å²) in [6, 6.07) is 1.11. The van der Waals surface area contributed by atoms with Crippen molar-refractivity contribution in [2.75, 3.05) is 0 Å². The zero-order valence-corrected chi connectivity index (χ0v) is 16.9. The van der Waals surface area contributed by atoms with Gasteiger partial charge in [-0.15, -0.1) is 0 Å². The standard InChI is InChI=1S/C19H28N2O4S/c1-11-10-12(2)14(4)18(13(11)3)26(24,25)21-19(23)17(20-15(5)22)16-8-6-7-9-16/h10,16-17H,6-9H2,1-5H3,(H,20,22)(H,21,23). The van der Waals surface area contributed by atoms with Crippen LogP contribution >= 0.6 is 0 Å². The van der Waals surface area contributed by atoms with Crippen LogP contribution in [-0.4, -0.2) is 26.3 Å². The summed E-state index contributed by atoms with van der Waals surface area (Å²) in [5, 5.41) is 2.63. The predicted molar refractivity (Wildman–Crippen MR) is 100 cm³/mol. The molecular formula is C19H28N2O4S. The molecule has 1 unspecified atom stereocenters. The molecule has 1 saturated carbocycles. The Kier molecular flexibility index (Phi) is 6.11. The first kappa shape index (κ1) is 20.4. The van der Waals surface area contributed by atoms with Gasteiger partial charge >= 0.3 is 0 Å². The lowest BCUT2D eigenvalue weighted by molar-refractivity contribution is -0.128. The van der Waals surface area contributed by atoms with Crippen molar-refractivity contribution in [2.24, 2.45) is 5.92 Å². The maximum absolute atomic E-state index is 12.9. The Morgan fingerprint density at radius 3 is 2.00 bits per heavy atom. The summed E-state index contributed by atoms with van der Waals surface area (Å²) in [6.45, 7) is 8.51. The number of aryl methyl sites for hydroxylation is 2. The van der Waals surface area contributed by atoms with Gasteiger partial charge in [-0.2, -0.15) is 0 Å². The molecule has 1 aliphatic carbocycles. The van der Waals surface area contributed by atoms with Gasteiger partial charge < -0.3 is 5.32 Å². The van der Waals surface area contributed by atoms with Gasteiger partial charge in [0.2, 0.25) is 5.91 Å². The fraction of sp³-hybridized carbons (Fsp3) is 0.579. The highest BCUT2D eigenvalue weighted by Crippen LogP contribution is 2.29. The molecule has 0 aromatic heterocycles. The van der Waals surface area contributed by atoms with Crippen LogP contribution in [0.4, 0.5) is 0 Å². The Balaban J connectivity index is 2.35. The number of amides is 2. The average molecular weight is 381 g/mol. The SMILES string of the molecule is CC(=O)NC(C(=O)NS(=O)(=O)c1c(C)c(C)cc(C)c1C)C1CCCC1. The van der Waals surface area contributed by atoms with Gasteiger partial charge in [-0.25, -0.2) is 13.1 Å². The molecule has 0 radical (unpaired) electrons. The summed E-state index contributed by atoms with van der Waals surface area (Å²) in [5.74, 6) is -1.03. The second-order valence-corrected chi connectivity index (χ2v) is 8.90. The molecule has 2 N–H and O–H groups in total. The van der Waals surface area contributed by atoms with Crippen LogP contribution in [-0.2, 0) is 19.6 Å². The van der Waals surface area contributed by atoms with E-state index in [4.69, 9.17) is 0 Å². The molecule has 1 aliphatic rings. The zero-order valence-electron chi connectivity index (χ0n) is 16.1. The molecule has 1 aromatic carbocycles. The first-order chi connectivity index (χ1) is 12.0. The number of hydrogen-bond donors (Lipinski definition) is 2. The van der Waals surface area contributed by atoms with E-state index in [1.54, 1.807) is 13.8 Å². The van der Waals surface area contributed by atoms with Crippen LogP contribution in [0.15, 0.2) is 11.0 Å². The van der Waals surface area contributed by atoms with E-state index in [-0.39, 0.29) is 16.7 Å². The van der Waals surface area contributed by atoms with Crippen molar-refractivity contribution in [3.8, 4) is 0 Å². The normalized spacial score (nSPS) is 16.3. The van der Waals surface area contributed by atoms with Crippen molar-refractivity contribution in [1.29, 1.82) is 0 Å². The summed E-state index contributed by atoms with van der Waals surface area (Å²) in [5.41, 5.74) is 2.97. The Morgan fingerprint density at radius 1 is 1.04 bits per heavy atom. The van der Waals surface area contributed by atoms with Crippen molar-refractivity contribution in [3.05, 3.63) is 28.3 Å². The molecule has 0 heterocycles. The first-order valence-corrected chi connectivity index (χ1v) is 10.4. The number of sulfonamides is 1. The third kappa shape index (κ3) is 4.26. The quantitative estimate of drug-likeness (QED) is 0.820. The van der Waals surface area contributed by atoms with Crippen molar-refractivity contribution >= 4 is 21.8 Å². The molecule has 0 saturated heterocycles. The molecule has 6 nitrogen and oxygen atoms in total. The third-order valence-electron chi connectivity index (χ3n) is 5.31. The molecular weight excluding hydrogens is 352 g/mol. The summed E-state index contributed by atoms with van der Waals surface area (Å²) in [4.78, 5) is 24.4. The van der Waals surface area contributed by atoms with E-state index < -0.39 is 22.0 Å². The van der Waals surface area contributed by atoms with Gasteiger partial charge in [-0.1, -0.05) is 18.9 Å². The average Bonchev–Trinajstić information content (AvgIpc) is 3.04. The minimum atomic E-state index is -4.03. The number of hydrogen-bond acceptors (Lipinski definition) is 4. The fourth-order valence-corrected chi connectivity index (χ4v) is 5.36. The smallest absolute Gasteiger partial charge is 0.264 e. The first-order valence-electron chi connectivity index (χ1n) is 8.95. The van der Waals surface area contributed by atoms with E-state index in [2.05, 4.69) is 10.0 Å². The van der Waals surface area contributed by atoms with Gasteiger partial charge in [0.15, 0.2) is 0 Å². The lowest BCUT2D eigenvalue weighted by Gasteiger charge is -2.24. The molecule has 7 heteroatoms.